The fourth-order valence-electron chi connectivity index (χ4n) is 3.24. The largest absolute Gasteiger partial charge is 0.439 e. The van der Waals surface area contributed by atoms with Crippen molar-refractivity contribution in [2.24, 2.45) is 0 Å². The Morgan fingerprint density at radius 3 is 2.72 bits per heavy atom. The Morgan fingerprint density at radius 1 is 1.16 bits per heavy atom. The average Bonchev–Trinajstić information content (AvgIpc) is 3.20. The van der Waals surface area contributed by atoms with Crippen molar-refractivity contribution in [1.82, 2.24) is 9.80 Å². The minimum atomic E-state index is -0.705. The molecular weight excluding hydrogens is 328 g/mol. The van der Waals surface area contributed by atoms with Gasteiger partial charge in [-0.1, -0.05) is 18.2 Å². The molecule has 0 unspecified atom stereocenters. The summed E-state index contributed by atoms with van der Waals surface area (Å²) < 4.78 is 9.90. The average molecular weight is 342 g/mol. The molecule has 0 aliphatic carbocycles. The maximum Gasteiger partial charge on any atom is 0.417 e. The molecular formula is C17H14N2O6. The molecule has 4 rings (SSSR count). The molecule has 3 heterocycles. The van der Waals surface area contributed by atoms with Gasteiger partial charge in [0.15, 0.2) is 6.61 Å². The first kappa shape index (κ1) is 15.4. The molecule has 1 aromatic heterocycles. The van der Waals surface area contributed by atoms with Crippen molar-refractivity contribution in [2.75, 3.05) is 19.7 Å². The molecule has 2 aliphatic rings. The van der Waals surface area contributed by atoms with Gasteiger partial charge >= 0.3 is 11.7 Å². The van der Waals surface area contributed by atoms with Crippen LogP contribution in [0.3, 0.4) is 0 Å². The molecule has 1 aromatic carbocycles. The van der Waals surface area contributed by atoms with Gasteiger partial charge in [-0.15, -0.1) is 0 Å². The lowest BCUT2D eigenvalue weighted by Gasteiger charge is -2.20. The highest BCUT2D eigenvalue weighted by Gasteiger charge is 2.41. The summed E-state index contributed by atoms with van der Waals surface area (Å²) in [5, 5.41) is 0.652. The fraction of sp³-hybridized carbons (Fsp3) is 0.294. The molecule has 2 aliphatic heterocycles. The number of rotatable bonds is 2. The Balaban J connectivity index is 1.58. The minimum absolute atomic E-state index is 0.0605. The topological polar surface area (TPSA) is 97.1 Å². The molecule has 1 atom stereocenters. The SMILES string of the molecule is O=C(c1cc2ccccc2oc1=O)N1CC[C@@H](N2C(=O)COC2=O)C1. The Hall–Kier alpha value is -3.16. The van der Waals surface area contributed by atoms with Crippen LogP contribution in [0.4, 0.5) is 4.79 Å². The molecule has 2 aromatic rings. The van der Waals surface area contributed by atoms with Gasteiger partial charge < -0.3 is 14.1 Å². The maximum absolute atomic E-state index is 12.7. The summed E-state index contributed by atoms with van der Waals surface area (Å²) in [6, 6.07) is 8.00. The predicted molar refractivity (Wildman–Crippen MR) is 85.0 cm³/mol. The van der Waals surface area contributed by atoms with E-state index in [0.717, 1.165) is 4.90 Å². The second-order valence-corrected chi connectivity index (χ2v) is 6.00. The molecule has 8 heteroatoms. The monoisotopic (exact) mass is 342 g/mol. The number of cyclic esters (lactones) is 1. The number of amides is 3. The van der Waals surface area contributed by atoms with Crippen molar-refractivity contribution in [3.05, 3.63) is 46.3 Å². The standard InChI is InChI=1S/C17H14N2O6/c20-14-9-24-17(23)19(14)11-5-6-18(8-11)15(21)12-7-10-3-1-2-4-13(10)25-16(12)22/h1-4,7,11H,5-6,8-9H2/t11-/m1/s1. The lowest BCUT2D eigenvalue weighted by Crippen LogP contribution is -2.42. The van der Waals surface area contributed by atoms with Crippen LogP contribution in [0.2, 0.25) is 0 Å². The number of fused-ring (bicyclic) bond motifs is 1. The van der Waals surface area contributed by atoms with Crippen molar-refractivity contribution in [3.8, 4) is 0 Å². The third-order valence-corrected chi connectivity index (χ3v) is 4.47. The zero-order chi connectivity index (χ0) is 17.6. The minimum Gasteiger partial charge on any atom is -0.439 e. The Bertz CT molecular complexity index is 934. The lowest BCUT2D eigenvalue weighted by molar-refractivity contribution is -0.127. The van der Waals surface area contributed by atoms with Crippen LogP contribution in [-0.4, -0.2) is 53.4 Å². The number of para-hydroxylation sites is 1. The van der Waals surface area contributed by atoms with Crippen LogP contribution in [0.15, 0.2) is 39.5 Å². The maximum atomic E-state index is 12.7. The quantitative estimate of drug-likeness (QED) is 0.755. The van der Waals surface area contributed by atoms with Crippen molar-refractivity contribution < 1.29 is 23.5 Å². The summed E-state index contributed by atoms with van der Waals surface area (Å²) in [5.74, 6) is -0.878. The van der Waals surface area contributed by atoms with Crippen LogP contribution in [0.25, 0.3) is 11.0 Å². The molecule has 0 radical (unpaired) electrons. The third kappa shape index (κ3) is 2.55. The lowest BCUT2D eigenvalue weighted by atomic mass is 10.1. The summed E-state index contributed by atoms with van der Waals surface area (Å²) in [7, 11) is 0. The molecule has 25 heavy (non-hydrogen) atoms. The predicted octanol–water partition coefficient (Wildman–Crippen LogP) is 0.986. The third-order valence-electron chi connectivity index (χ3n) is 4.47. The molecule has 0 spiro atoms. The number of hydrogen-bond donors (Lipinski definition) is 0. The molecule has 0 saturated carbocycles. The van der Waals surface area contributed by atoms with Gasteiger partial charge in [-0.05, 0) is 18.6 Å². The van der Waals surface area contributed by atoms with Gasteiger partial charge in [0, 0.05) is 18.5 Å². The fourth-order valence-corrected chi connectivity index (χ4v) is 3.24. The van der Waals surface area contributed by atoms with Crippen LogP contribution in [0.1, 0.15) is 16.8 Å². The van der Waals surface area contributed by atoms with E-state index in [2.05, 4.69) is 0 Å². The van der Waals surface area contributed by atoms with E-state index in [9.17, 15) is 19.2 Å². The van der Waals surface area contributed by atoms with Crippen molar-refractivity contribution in [2.45, 2.75) is 12.5 Å². The van der Waals surface area contributed by atoms with E-state index >= 15 is 0 Å². The number of hydrogen-bond acceptors (Lipinski definition) is 6. The number of imide groups is 1. The van der Waals surface area contributed by atoms with Gasteiger partial charge in [0.25, 0.3) is 11.8 Å². The summed E-state index contributed by atoms with van der Waals surface area (Å²) in [4.78, 5) is 50.7. The van der Waals surface area contributed by atoms with E-state index in [4.69, 9.17) is 9.15 Å². The van der Waals surface area contributed by atoms with Gasteiger partial charge in [-0.3, -0.25) is 9.59 Å². The second kappa shape index (κ2) is 5.73. The number of carbonyl (C=O) groups excluding carboxylic acids is 3. The van der Waals surface area contributed by atoms with Crippen LogP contribution in [0, 0.1) is 0 Å². The van der Waals surface area contributed by atoms with Crippen LogP contribution in [-0.2, 0) is 9.53 Å². The highest BCUT2D eigenvalue weighted by molar-refractivity contribution is 5.99. The molecule has 8 nitrogen and oxygen atoms in total. The van der Waals surface area contributed by atoms with Crippen LogP contribution in [0.5, 0.6) is 0 Å². The van der Waals surface area contributed by atoms with E-state index in [1.807, 2.05) is 0 Å². The van der Waals surface area contributed by atoms with Crippen molar-refractivity contribution in [1.29, 1.82) is 0 Å². The highest BCUT2D eigenvalue weighted by atomic mass is 16.6. The molecule has 0 N–H and O–H groups in total. The van der Waals surface area contributed by atoms with Gasteiger partial charge in [-0.25, -0.2) is 14.5 Å². The highest BCUT2D eigenvalue weighted by Crippen LogP contribution is 2.22. The first-order chi connectivity index (χ1) is 12.0. The Morgan fingerprint density at radius 2 is 1.96 bits per heavy atom. The van der Waals surface area contributed by atoms with Crippen LogP contribution < -0.4 is 5.63 Å². The Kier molecular flexibility index (Phi) is 3.52. The molecule has 2 fully saturated rings. The van der Waals surface area contributed by atoms with E-state index < -0.39 is 29.6 Å². The van der Waals surface area contributed by atoms with E-state index in [-0.39, 0.29) is 18.7 Å². The molecule has 0 bridgehead atoms. The first-order valence-electron chi connectivity index (χ1n) is 7.85. The van der Waals surface area contributed by atoms with E-state index in [1.165, 1.54) is 11.0 Å². The van der Waals surface area contributed by atoms with Crippen molar-refractivity contribution in [3.63, 3.8) is 0 Å². The van der Waals surface area contributed by atoms with Gasteiger partial charge in [0.2, 0.25) is 0 Å². The smallest absolute Gasteiger partial charge is 0.417 e. The molecule has 2 saturated heterocycles. The van der Waals surface area contributed by atoms with Gasteiger partial charge in [-0.2, -0.15) is 0 Å². The Labute approximate surface area is 141 Å². The second-order valence-electron chi connectivity index (χ2n) is 6.00. The summed E-state index contributed by atoms with van der Waals surface area (Å²) >= 11 is 0. The number of likely N-dealkylation sites (tertiary alicyclic amines) is 1. The molecule has 3 amide bonds. The number of nitrogens with zero attached hydrogens (tertiary/aromatic N) is 2. The number of benzene rings is 1. The zero-order valence-corrected chi connectivity index (χ0v) is 13.1. The number of ether oxygens (including phenoxy) is 1. The molecule has 128 valence electrons. The van der Waals surface area contributed by atoms with E-state index in [0.29, 0.717) is 23.9 Å². The van der Waals surface area contributed by atoms with Gasteiger partial charge in [0.1, 0.15) is 11.1 Å². The normalized spacial score (nSPS) is 20.4. The first-order valence-corrected chi connectivity index (χ1v) is 7.85. The summed E-state index contributed by atoms with van der Waals surface area (Å²) in [6.45, 7) is 0.246. The zero-order valence-electron chi connectivity index (χ0n) is 13.1. The van der Waals surface area contributed by atoms with Gasteiger partial charge in [0.05, 0.1) is 6.04 Å². The van der Waals surface area contributed by atoms with Crippen molar-refractivity contribution >= 4 is 28.9 Å². The van der Waals surface area contributed by atoms with E-state index in [1.54, 1.807) is 24.3 Å². The van der Waals surface area contributed by atoms with Crippen LogP contribution >= 0.6 is 0 Å². The summed E-state index contributed by atoms with van der Waals surface area (Å²) in [6.07, 6.45) is -0.236. The number of carbonyl (C=O) groups is 3. The summed E-state index contributed by atoms with van der Waals surface area (Å²) in [5.41, 5.74) is -0.354.